The fourth-order valence-electron chi connectivity index (χ4n) is 2.69. The third-order valence-electron chi connectivity index (χ3n) is 3.85. The normalized spacial score (nSPS) is 15.9. The smallest absolute Gasteiger partial charge is 0.410 e. The molecule has 1 aliphatic heterocycles. The van der Waals surface area contributed by atoms with Gasteiger partial charge in [0.05, 0.1) is 0 Å². The van der Waals surface area contributed by atoms with Crippen molar-refractivity contribution in [3.63, 3.8) is 0 Å². The minimum absolute atomic E-state index is 0.128. The molecule has 1 N–H and O–H groups in total. The maximum Gasteiger partial charge on any atom is 0.410 e. The lowest BCUT2D eigenvalue weighted by molar-refractivity contribution is -0.117. The number of anilines is 1. The molecule has 1 aromatic carbocycles. The van der Waals surface area contributed by atoms with E-state index >= 15 is 0 Å². The largest absolute Gasteiger partial charge is 0.444 e. The number of hydrogen-bond donors (Lipinski definition) is 1. The molecule has 0 bridgehead atoms. The maximum atomic E-state index is 13.1. The van der Waals surface area contributed by atoms with Gasteiger partial charge in [0, 0.05) is 25.2 Å². The number of halogens is 1. The van der Waals surface area contributed by atoms with Gasteiger partial charge in [-0.2, -0.15) is 0 Å². The van der Waals surface area contributed by atoms with Gasteiger partial charge in [-0.1, -0.05) is 6.07 Å². The number of nitrogens with one attached hydrogen (secondary N) is 1. The summed E-state index contributed by atoms with van der Waals surface area (Å²) in [6, 6.07) is 5.85. The molecule has 132 valence electrons. The molecule has 1 fully saturated rings. The molecule has 0 aliphatic carbocycles. The fraction of sp³-hybridized carbons (Fsp3) is 0.556. The van der Waals surface area contributed by atoms with Crippen molar-refractivity contribution in [2.75, 3.05) is 18.4 Å². The Morgan fingerprint density at radius 1 is 1.29 bits per heavy atom. The van der Waals surface area contributed by atoms with Crippen molar-refractivity contribution in [2.24, 2.45) is 5.92 Å². The topological polar surface area (TPSA) is 58.6 Å². The summed E-state index contributed by atoms with van der Waals surface area (Å²) in [4.78, 5) is 25.7. The van der Waals surface area contributed by atoms with E-state index in [1.165, 1.54) is 12.1 Å². The Kier molecular flexibility index (Phi) is 5.80. The zero-order chi connectivity index (χ0) is 17.7. The molecule has 2 rings (SSSR count). The number of hydrogen-bond acceptors (Lipinski definition) is 3. The SMILES string of the molecule is CC(C)(C)OC(=O)N1CCC(CC(=O)Nc2cccc(F)c2)CC1. The summed E-state index contributed by atoms with van der Waals surface area (Å²) in [6.07, 6.45) is 1.59. The zero-order valence-corrected chi connectivity index (χ0v) is 14.5. The second kappa shape index (κ2) is 7.64. The average molecular weight is 336 g/mol. The Labute approximate surface area is 142 Å². The van der Waals surface area contributed by atoms with E-state index in [0.717, 1.165) is 12.8 Å². The van der Waals surface area contributed by atoms with E-state index in [-0.39, 0.29) is 23.7 Å². The highest BCUT2D eigenvalue weighted by Gasteiger charge is 2.27. The number of nitrogens with zero attached hydrogens (tertiary/aromatic N) is 1. The summed E-state index contributed by atoms with van der Waals surface area (Å²) in [5, 5.41) is 2.71. The lowest BCUT2D eigenvalue weighted by atomic mass is 9.93. The molecule has 0 spiro atoms. The van der Waals surface area contributed by atoms with Crippen LogP contribution in [0.15, 0.2) is 24.3 Å². The first kappa shape index (κ1) is 18.2. The van der Waals surface area contributed by atoms with Gasteiger partial charge in [-0.25, -0.2) is 9.18 Å². The number of piperidine rings is 1. The quantitative estimate of drug-likeness (QED) is 0.913. The van der Waals surface area contributed by atoms with Gasteiger partial charge < -0.3 is 15.0 Å². The van der Waals surface area contributed by atoms with Crippen LogP contribution in [0.5, 0.6) is 0 Å². The van der Waals surface area contributed by atoms with Crippen molar-refractivity contribution in [3.8, 4) is 0 Å². The summed E-state index contributed by atoms with van der Waals surface area (Å²) < 4.78 is 18.5. The molecule has 5 nitrogen and oxygen atoms in total. The molecule has 0 atom stereocenters. The minimum Gasteiger partial charge on any atom is -0.444 e. The van der Waals surface area contributed by atoms with Crippen LogP contribution in [0.3, 0.4) is 0 Å². The first-order chi connectivity index (χ1) is 11.2. The molecular weight excluding hydrogens is 311 g/mol. The van der Waals surface area contributed by atoms with Gasteiger partial charge in [-0.3, -0.25) is 4.79 Å². The number of ether oxygens (including phenoxy) is 1. The summed E-state index contributed by atoms with van der Waals surface area (Å²) in [7, 11) is 0. The molecular formula is C18H25FN2O3. The molecule has 2 amide bonds. The lowest BCUT2D eigenvalue weighted by Crippen LogP contribution is -2.42. The predicted molar refractivity (Wildman–Crippen MR) is 90.2 cm³/mol. The van der Waals surface area contributed by atoms with Crippen molar-refractivity contribution in [1.29, 1.82) is 0 Å². The van der Waals surface area contributed by atoms with Crippen LogP contribution in [-0.4, -0.2) is 35.6 Å². The van der Waals surface area contributed by atoms with Crippen molar-refractivity contribution >= 4 is 17.7 Å². The predicted octanol–water partition coefficient (Wildman–Crippen LogP) is 3.80. The molecule has 0 unspecified atom stereocenters. The number of rotatable bonds is 3. The second-order valence-corrected chi connectivity index (χ2v) is 7.17. The van der Waals surface area contributed by atoms with Crippen LogP contribution in [0.2, 0.25) is 0 Å². The first-order valence-corrected chi connectivity index (χ1v) is 8.26. The molecule has 1 aromatic rings. The van der Waals surface area contributed by atoms with Crippen LogP contribution in [0.4, 0.5) is 14.9 Å². The van der Waals surface area contributed by atoms with E-state index < -0.39 is 5.60 Å². The molecule has 0 aromatic heterocycles. The van der Waals surface area contributed by atoms with Crippen LogP contribution < -0.4 is 5.32 Å². The average Bonchev–Trinajstić information content (AvgIpc) is 2.46. The zero-order valence-electron chi connectivity index (χ0n) is 14.5. The number of benzene rings is 1. The van der Waals surface area contributed by atoms with Crippen molar-refractivity contribution in [1.82, 2.24) is 4.90 Å². The number of carbonyl (C=O) groups is 2. The van der Waals surface area contributed by atoms with E-state index in [4.69, 9.17) is 4.74 Å². The molecule has 1 aliphatic rings. The molecule has 6 heteroatoms. The molecule has 0 radical (unpaired) electrons. The van der Waals surface area contributed by atoms with Gasteiger partial charge >= 0.3 is 6.09 Å². The highest BCUT2D eigenvalue weighted by atomic mass is 19.1. The Morgan fingerprint density at radius 2 is 1.96 bits per heavy atom. The molecule has 1 saturated heterocycles. The van der Waals surface area contributed by atoms with Crippen molar-refractivity contribution in [2.45, 2.75) is 45.6 Å². The van der Waals surface area contributed by atoms with E-state index in [1.807, 2.05) is 20.8 Å². The summed E-state index contributed by atoms with van der Waals surface area (Å²) in [5.41, 5.74) is -0.0371. The third-order valence-corrected chi connectivity index (χ3v) is 3.85. The summed E-state index contributed by atoms with van der Waals surface area (Å²) in [5.74, 6) is -0.285. The fourth-order valence-corrected chi connectivity index (χ4v) is 2.69. The summed E-state index contributed by atoms with van der Waals surface area (Å²) in [6.45, 7) is 6.71. The van der Waals surface area contributed by atoms with Gasteiger partial charge in [-0.05, 0) is 57.7 Å². The first-order valence-electron chi connectivity index (χ1n) is 8.26. The van der Waals surface area contributed by atoms with Gasteiger partial charge in [0.25, 0.3) is 0 Å². The van der Waals surface area contributed by atoms with E-state index in [0.29, 0.717) is 25.2 Å². The Bertz CT molecular complexity index is 590. The molecule has 1 heterocycles. The summed E-state index contributed by atoms with van der Waals surface area (Å²) >= 11 is 0. The van der Waals surface area contributed by atoms with Crippen molar-refractivity contribution < 1.29 is 18.7 Å². The van der Waals surface area contributed by atoms with Crippen LogP contribution in [0.25, 0.3) is 0 Å². The van der Waals surface area contributed by atoms with Crippen LogP contribution in [0, 0.1) is 11.7 Å². The standard InChI is InChI=1S/C18H25FN2O3/c1-18(2,3)24-17(23)21-9-7-13(8-10-21)11-16(22)20-15-6-4-5-14(19)12-15/h4-6,12-13H,7-11H2,1-3H3,(H,20,22). The maximum absolute atomic E-state index is 13.1. The van der Waals surface area contributed by atoms with Gasteiger partial charge in [-0.15, -0.1) is 0 Å². The number of likely N-dealkylation sites (tertiary alicyclic amines) is 1. The second-order valence-electron chi connectivity index (χ2n) is 7.17. The lowest BCUT2D eigenvalue weighted by Gasteiger charge is -2.33. The Morgan fingerprint density at radius 3 is 2.54 bits per heavy atom. The molecule has 0 saturated carbocycles. The number of carbonyl (C=O) groups excluding carboxylic acids is 2. The van der Waals surface area contributed by atoms with Crippen LogP contribution >= 0.6 is 0 Å². The Balaban J connectivity index is 1.76. The minimum atomic E-state index is -0.501. The van der Waals surface area contributed by atoms with Gasteiger partial charge in [0.1, 0.15) is 11.4 Å². The van der Waals surface area contributed by atoms with Gasteiger partial charge in [0.15, 0.2) is 0 Å². The van der Waals surface area contributed by atoms with E-state index in [2.05, 4.69) is 5.32 Å². The highest BCUT2D eigenvalue weighted by molar-refractivity contribution is 5.90. The monoisotopic (exact) mass is 336 g/mol. The molecule has 24 heavy (non-hydrogen) atoms. The number of amides is 2. The van der Waals surface area contributed by atoms with Crippen molar-refractivity contribution in [3.05, 3.63) is 30.1 Å². The highest BCUT2D eigenvalue weighted by Crippen LogP contribution is 2.23. The van der Waals surface area contributed by atoms with Gasteiger partial charge in [0.2, 0.25) is 5.91 Å². The van der Waals surface area contributed by atoms with Crippen LogP contribution in [0.1, 0.15) is 40.0 Å². The third kappa shape index (κ3) is 5.83. The Hall–Kier alpha value is -2.11. The van der Waals surface area contributed by atoms with Crippen LogP contribution in [-0.2, 0) is 9.53 Å². The van der Waals surface area contributed by atoms with E-state index in [9.17, 15) is 14.0 Å². The van der Waals surface area contributed by atoms with E-state index in [1.54, 1.807) is 17.0 Å².